The number of nitriles is 1. The molecule has 2 aromatic heterocycles. The SMILES string of the molecule is N#Cc1c(C(=O)[O-])cc(-c2cccs2)nc1[S-]. The lowest BCUT2D eigenvalue weighted by molar-refractivity contribution is -0.255. The van der Waals surface area contributed by atoms with Gasteiger partial charge in [-0.15, -0.1) is 11.3 Å². The van der Waals surface area contributed by atoms with Gasteiger partial charge in [-0.25, -0.2) is 0 Å². The number of aromatic nitrogens is 1. The fourth-order valence-electron chi connectivity index (χ4n) is 1.34. The van der Waals surface area contributed by atoms with Crippen molar-refractivity contribution in [3.05, 3.63) is 34.7 Å². The van der Waals surface area contributed by atoms with E-state index in [2.05, 4.69) is 4.98 Å². The number of carboxylic acid groups (broad SMARTS) is 1. The Kier molecular flexibility index (Phi) is 3.04. The van der Waals surface area contributed by atoms with Crippen LogP contribution < -0.4 is 5.11 Å². The first-order valence-corrected chi connectivity index (χ1v) is 5.79. The molecule has 0 aliphatic heterocycles. The highest BCUT2D eigenvalue weighted by molar-refractivity contribution is 7.58. The van der Waals surface area contributed by atoms with Gasteiger partial charge in [0.2, 0.25) is 0 Å². The van der Waals surface area contributed by atoms with Crippen LogP contribution in [0.1, 0.15) is 15.9 Å². The normalized spacial score (nSPS) is 9.82. The molecule has 0 radical (unpaired) electrons. The van der Waals surface area contributed by atoms with Gasteiger partial charge in [-0.1, -0.05) is 11.1 Å². The smallest absolute Gasteiger partial charge is 0.0998 e. The number of nitrogens with zero attached hydrogens (tertiary/aromatic N) is 2. The first-order valence-electron chi connectivity index (χ1n) is 4.51. The number of hydrogen-bond donors (Lipinski definition) is 0. The number of carbonyl (C=O) groups excluding carboxylic acids is 1. The van der Waals surface area contributed by atoms with Crippen LogP contribution in [-0.2, 0) is 12.6 Å². The van der Waals surface area contributed by atoms with Crippen LogP contribution in [0.25, 0.3) is 10.6 Å². The maximum atomic E-state index is 10.9. The third kappa shape index (κ3) is 2.11. The van der Waals surface area contributed by atoms with Crippen molar-refractivity contribution < 1.29 is 9.90 Å². The second kappa shape index (κ2) is 4.49. The van der Waals surface area contributed by atoms with Gasteiger partial charge in [-0.2, -0.15) is 5.26 Å². The van der Waals surface area contributed by atoms with Crippen molar-refractivity contribution in [1.29, 1.82) is 5.26 Å². The summed E-state index contributed by atoms with van der Waals surface area (Å²) in [6.45, 7) is 0. The molecule has 0 spiro atoms. The molecule has 2 heterocycles. The van der Waals surface area contributed by atoms with Crippen molar-refractivity contribution >= 4 is 29.9 Å². The van der Waals surface area contributed by atoms with E-state index < -0.39 is 5.97 Å². The maximum Gasteiger partial charge on any atom is 0.0998 e. The Hall–Kier alpha value is -1.97. The number of carbonyl (C=O) groups is 1. The molecule has 0 atom stereocenters. The molecule has 0 saturated heterocycles. The van der Waals surface area contributed by atoms with Crippen LogP contribution in [0.4, 0.5) is 0 Å². The van der Waals surface area contributed by atoms with Gasteiger partial charge in [-0.05, 0) is 17.5 Å². The minimum absolute atomic E-state index is 0.0161. The predicted molar refractivity (Wildman–Crippen MR) is 62.2 cm³/mol. The number of aromatic carboxylic acids is 1. The van der Waals surface area contributed by atoms with Crippen molar-refractivity contribution in [3.63, 3.8) is 0 Å². The number of carboxylic acids is 1. The number of hydrogen-bond acceptors (Lipinski definition) is 6. The molecule has 0 unspecified atom stereocenters. The third-order valence-electron chi connectivity index (χ3n) is 2.09. The number of thiophene rings is 1. The zero-order valence-corrected chi connectivity index (χ0v) is 9.97. The molecule has 0 aliphatic rings. The summed E-state index contributed by atoms with van der Waals surface area (Å²) < 4.78 is 0. The third-order valence-corrected chi connectivity index (χ3v) is 3.28. The Bertz CT molecular complexity index is 615. The summed E-state index contributed by atoms with van der Waals surface area (Å²) in [6, 6.07) is 6.67. The molecule has 0 aliphatic carbocycles. The lowest BCUT2D eigenvalue weighted by Gasteiger charge is -2.14. The molecule has 0 bridgehead atoms. The van der Waals surface area contributed by atoms with E-state index in [9.17, 15) is 9.90 Å². The standard InChI is InChI=1S/C11H6N2O2S2/c12-5-7-6(11(14)15)4-8(13-10(7)16)9-2-1-3-17-9/h1-4H,(H,13,16)(H,14,15)/p-2. The summed E-state index contributed by atoms with van der Waals surface area (Å²) in [5.41, 5.74) is 0.111. The van der Waals surface area contributed by atoms with Crippen molar-refractivity contribution in [1.82, 2.24) is 4.98 Å². The maximum absolute atomic E-state index is 10.9. The fourth-order valence-corrected chi connectivity index (χ4v) is 2.28. The summed E-state index contributed by atoms with van der Waals surface area (Å²) >= 11 is 6.31. The van der Waals surface area contributed by atoms with Gasteiger partial charge in [0, 0.05) is 5.56 Å². The van der Waals surface area contributed by atoms with E-state index in [0.29, 0.717) is 5.69 Å². The second-order valence-electron chi connectivity index (χ2n) is 3.11. The molecule has 0 amide bonds. The van der Waals surface area contributed by atoms with Crippen molar-refractivity contribution in [3.8, 4) is 16.6 Å². The first kappa shape index (κ1) is 11.5. The van der Waals surface area contributed by atoms with Crippen LogP contribution in [0.15, 0.2) is 28.6 Å². The van der Waals surface area contributed by atoms with Gasteiger partial charge >= 0.3 is 0 Å². The summed E-state index contributed by atoms with van der Waals surface area (Å²) in [7, 11) is 0. The summed E-state index contributed by atoms with van der Waals surface area (Å²) in [4.78, 5) is 15.8. The summed E-state index contributed by atoms with van der Waals surface area (Å²) in [5.74, 6) is -1.42. The molecular weight excluding hydrogens is 256 g/mol. The van der Waals surface area contributed by atoms with Crippen LogP contribution >= 0.6 is 11.3 Å². The lowest BCUT2D eigenvalue weighted by atomic mass is 10.1. The van der Waals surface area contributed by atoms with Crippen molar-refractivity contribution in [2.45, 2.75) is 5.03 Å². The number of pyridine rings is 1. The summed E-state index contributed by atoms with van der Waals surface area (Å²) in [6.07, 6.45) is 0. The average molecular weight is 260 g/mol. The fraction of sp³-hybridized carbons (Fsp3) is 0. The van der Waals surface area contributed by atoms with Crippen molar-refractivity contribution in [2.75, 3.05) is 0 Å². The Morgan fingerprint density at radius 1 is 1.59 bits per heavy atom. The highest BCUT2D eigenvalue weighted by atomic mass is 32.1. The quantitative estimate of drug-likeness (QED) is 0.751. The van der Waals surface area contributed by atoms with Gasteiger partial charge in [0.05, 0.1) is 28.2 Å². The largest absolute Gasteiger partial charge is 0.759 e. The van der Waals surface area contributed by atoms with Crippen LogP contribution in [0.5, 0.6) is 0 Å². The molecule has 0 aromatic carbocycles. The molecule has 17 heavy (non-hydrogen) atoms. The Morgan fingerprint density at radius 2 is 2.35 bits per heavy atom. The van der Waals surface area contributed by atoms with Crippen molar-refractivity contribution in [2.24, 2.45) is 0 Å². The zero-order chi connectivity index (χ0) is 12.4. The van der Waals surface area contributed by atoms with Gasteiger partial charge in [-0.3, -0.25) is 4.98 Å². The highest BCUT2D eigenvalue weighted by Crippen LogP contribution is 2.25. The van der Waals surface area contributed by atoms with Gasteiger partial charge in [0.25, 0.3) is 0 Å². The predicted octanol–water partition coefficient (Wildman–Crippen LogP) is 0.951. The topological polar surface area (TPSA) is 76.8 Å². The monoisotopic (exact) mass is 260 g/mol. The molecule has 4 nitrogen and oxygen atoms in total. The van der Waals surface area contributed by atoms with Gasteiger partial charge in [0.1, 0.15) is 0 Å². The summed E-state index contributed by atoms with van der Waals surface area (Å²) in [5, 5.41) is 21.6. The Balaban J connectivity index is 2.67. The molecule has 84 valence electrons. The van der Waals surface area contributed by atoms with E-state index >= 15 is 0 Å². The van der Waals surface area contributed by atoms with E-state index in [-0.39, 0.29) is 16.2 Å². The van der Waals surface area contributed by atoms with E-state index in [1.54, 1.807) is 12.1 Å². The van der Waals surface area contributed by atoms with E-state index in [0.717, 1.165) is 4.88 Å². The van der Waals surface area contributed by atoms with E-state index in [4.69, 9.17) is 17.9 Å². The van der Waals surface area contributed by atoms with Crippen LogP contribution in [0, 0.1) is 11.3 Å². The number of rotatable bonds is 2. The van der Waals surface area contributed by atoms with Gasteiger partial charge < -0.3 is 22.5 Å². The van der Waals surface area contributed by atoms with Crippen LogP contribution in [-0.4, -0.2) is 11.0 Å². The van der Waals surface area contributed by atoms with Crippen LogP contribution in [0.2, 0.25) is 0 Å². The first-order chi connectivity index (χ1) is 8.13. The Labute approximate surface area is 107 Å². The highest BCUT2D eigenvalue weighted by Gasteiger charge is 2.09. The molecule has 0 fully saturated rings. The minimum Gasteiger partial charge on any atom is -0.759 e. The average Bonchev–Trinajstić information content (AvgIpc) is 2.81. The van der Waals surface area contributed by atoms with Crippen LogP contribution in [0.3, 0.4) is 0 Å². The zero-order valence-electron chi connectivity index (χ0n) is 8.34. The van der Waals surface area contributed by atoms with Gasteiger partial charge in [0.15, 0.2) is 0 Å². The Morgan fingerprint density at radius 3 is 2.88 bits per heavy atom. The molecule has 0 saturated carbocycles. The molecule has 6 heteroatoms. The lowest BCUT2D eigenvalue weighted by Crippen LogP contribution is -2.24. The molecule has 2 rings (SSSR count). The second-order valence-corrected chi connectivity index (χ2v) is 4.45. The molecule has 2 aromatic rings. The van der Waals surface area contributed by atoms with E-state index in [1.165, 1.54) is 17.4 Å². The van der Waals surface area contributed by atoms with E-state index in [1.807, 2.05) is 11.4 Å². The molecule has 0 N–H and O–H groups in total. The molecular formula is C11H4N2O2S2-2. The minimum atomic E-state index is -1.42.